The average molecular weight is 232 g/mol. The zero-order chi connectivity index (χ0) is 12.8. The Morgan fingerprint density at radius 1 is 1.35 bits per heavy atom. The number of aliphatic hydroxyl groups is 1. The van der Waals surface area contributed by atoms with Gasteiger partial charge in [0.25, 0.3) is 0 Å². The standard InChI is InChI=1S/C16H24O/c1-6-15(2,3)11-7-8-13-12(9-11)14(17)10-16(13,4)5/h7-9,14,17H,6,10H2,1-5H3/t14-/m0/s1. The van der Waals surface area contributed by atoms with Gasteiger partial charge in [0.2, 0.25) is 0 Å². The normalized spacial score (nSPS) is 22.6. The molecule has 1 atom stereocenters. The Morgan fingerprint density at radius 3 is 2.59 bits per heavy atom. The van der Waals surface area contributed by atoms with Gasteiger partial charge in [0.05, 0.1) is 6.10 Å². The molecule has 0 aromatic heterocycles. The van der Waals surface area contributed by atoms with Crippen LogP contribution in [0.15, 0.2) is 18.2 Å². The minimum Gasteiger partial charge on any atom is -0.388 e. The van der Waals surface area contributed by atoms with E-state index >= 15 is 0 Å². The highest BCUT2D eigenvalue weighted by Gasteiger charge is 2.36. The zero-order valence-electron chi connectivity index (χ0n) is 11.7. The molecule has 0 radical (unpaired) electrons. The maximum atomic E-state index is 10.2. The first-order chi connectivity index (χ1) is 7.78. The Hall–Kier alpha value is -0.820. The predicted octanol–water partition coefficient (Wildman–Crippen LogP) is 4.09. The maximum absolute atomic E-state index is 10.2. The van der Waals surface area contributed by atoms with Crippen LogP contribution in [0.1, 0.15) is 70.3 Å². The summed E-state index contributed by atoms with van der Waals surface area (Å²) >= 11 is 0. The van der Waals surface area contributed by atoms with Crippen LogP contribution >= 0.6 is 0 Å². The van der Waals surface area contributed by atoms with Crippen LogP contribution in [0.5, 0.6) is 0 Å². The lowest BCUT2D eigenvalue weighted by Crippen LogP contribution is -2.16. The molecule has 1 N–H and O–H groups in total. The summed E-state index contributed by atoms with van der Waals surface area (Å²) in [5.74, 6) is 0. The molecule has 0 fully saturated rings. The van der Waals surface area contributed by atoms with Gasteiger partial charge in [-0.15, -0.1) is 0 Å². The largest absolute Gasteiger partial charge is 0.388 e. The topological polar surface area (TPSA) is 20.2 Å². The molecule has 2 rings (SSSR count). The van der Waals surface area contributed by atoms with Crippen LogP contribution in [0, 0.1) is 0 Å². The molecule has 0 saturated heterocycles. The van der Waals surface area contributed by atoms with Crippen LogP contribution in [0.3, 0.4) is 0 Å². The van der Waals surface area contributed by atoms with Gasteiger partial charge >= 0.3 is 0 Å². The first-order valence-electron chi connectivity index (χ1n) is 6.61. The van der Waals surface area contributed by atoms with Crippen LogP contribution in [-0.2, 0) is 10.8 Å². The Morgan fingerprint density at radius 2 is 2.00 bits per heavy atom. The lowest BCUT2D eigenvalue weighted by molar-refractivity contribution is 0.161. The van der Waals surface area contributed by atoms with E-state index in [-0.39, 0.29) is 16.9 Å². The number of fused-ring (bicyclic) bond motifs is 1. The van der Waals surface area contributed by atoms with Crippen LogP contribution in [0.2, 0.25) is 0 Å². The van der Waals surface area contributed by atoms with E-state index in [0.29, 0.717) is 0 Å². The van der Waals surface area contributed by atoms with Crippen molar-refractivity contribution >= 4 is 0 Å². The Labute approximate surface area is 105 Å². The molecule has 0 spiro atoms. The molecular weight excluding hydrogens is 208 g/mol. The first kappa shape index (κ1) is 12.6. The Kier molecular flexibility index (Phi) is 2.86. The summed E-state index contributed by atoms with van der Waals surface area (Å²) in [6.45, 7) is 11.2. The van der Waals surface area contributed by atoms with Crippen molar-refractivity contribution in [3.63, 3.8) is 0 Å². The second-order valence-electron chi connectivity index (χ2n) is 6.64. The minimum absolute atomic E-state index is 0.115. The van der Waals surface area contributed by atoms with Crippen molar-refractivity contribution in [2.75, 3.05) is 0 Å². The van der Waals surface area contributed by atoms with E-state index in [9.17, 15) is 5.11 Å². The summed E-state index contributed by atoms with van der Waals surface area (Å²) in [6.07, 6.45) is 1.68. The van der Waals surface area contributed by atoms with E-state index in [4.69, 9.17) is 0 Å². The third-order valence-electron chi connectivity index (χ3n) is 4.51. The van der Waals surface area contributed by atoms with E-state index in [2.05, 4.69) is 52.8 Å². The highest BCUT2D eigenvalue weighted by atomic mass is 16.3. The van der Waals surface area contributed by atoms with Gasteiger partial charge in [-0.05, 0) is 40.4 Å². The van der Waals surface area contributed by atoms with Gasteiger partial charge in [-0.1, -0.05) is 52.8 Å². The van der Waals surface area contributed by atoms with Crippen LogP contribution in [-0.4, -0.2) is 5.11 Å². The highest BCUT2D eigenvalue weighted by Crippen LogP contribution is 2.45. The van der Waals surface area contributed by atoms with Crippen LogP contribution in [0.4, 0.5) is 0 Å². The quantitative estimate of drug-likeness (QED) is 0.814. The summed E-state index contributed by atoms with van der Waals surface area (Å²) in [7, 11) is 0. The highest BCUT2D eigenvalue weighted by molar-refractivity contribution is 5.44. The minimum atomic E-state index is -0.285. The molecule has 0 aliphatic heterocycles. The molecule has 1 aliphatic carbocycles. The molecule has 0 bridgehead atoms. The molecule has 0 unspecified atom stereocenters. The third-order valence-corrected chi connectivity index (χ3v) is 4.51. The van der Waals surface area contributed by atoms with Gasteiger partial charge in [-0.3, -0.25) is 0 Å². The molecule has 1 aromatic carbocycles. The van der Waals surface area contributed by atoms with E-state index in [1.807, 2.05) is 0 Å². The van der Waals surface area contributed by atoms with Gasteiger partial charge in [0.15, 0.2) is 0 Å². The summed E-state index contributed by atoms with van der Waals surface area (Å²) in [4.78, 5) is 0. The van der Waals surface area contributed by atoms with E-state index < -0.39 is 0 Å². The van der Waals surface area contributed by atoms with Gasteiger partial charge in [-0.25, -0.2) is 0 Å². The summed E-state index contributed by atoms with van der Waals surface area (Å²) in [5, 5.41) is 10.2. The van der Waals surface area contributed by atoms with E-state index in [1.165, 1.54) is 11.1 Å². The van der Waals surface area contributed by atoms with Gasteiger partial charge < -0.3 is 5.11 Å². The van der Waals surface area contributed by atoms with Crippen molar-refractivity contribution < 1.29 is 5.11 Å². The number of benzene rings is 1. The molecule has 1 nitrogen and oxygen atoms in total. The fourth-order valence-electron chi connectivity index (χ4n) is 2.78. The summed E-state index contributed by atoms with van der Waals surface area (Å²) in [5.41, 5.74) is 4.12. The second kappa shape index (κ2) is 3.84. The zero-order valence-corrected chi connectivity index (χ0v) is 11.7. The third kappa shape index (κ3) is 2.01. The van der Waals surface area contributed by atoms with Gasteiger partial charge in [0, 0.05) is 0 Å². The number of rotatable bonds is 2. The molecule has 1 heteroatoms. The number of hydrogen-bond donors (Lipinski definition) is 1. The van der Waals surface area contributed by atoms with E-state index in [1.54, 1.807) is 0 Å². The SMILES string of the molecule is CCC(C)(C)c1ccc2c(c1)[C@@H](O)CC2(C)C. The predicted molar refractivity (Wildman–Crippen MR) is 72.4 cm³/mol. The second-order valence-corrected chi connectivity index (χ2v) is 6.64. The lowest BCUT2D eigenvalue weighted by Gasteiger charge is -2.25. The summed E-state index contributed by atoms with van der Waals surface area (Å²) in [6, 6.07) is 6.68. The first-order valence-corrected chi connectivity index (χ1v) is 6.61. The van der Waals surface area contributed by atoms with Gasteiger partial charge in [-0.2, -0.15) is 0 Å². The molecule has 1 aromatic rings. The summed E-state index contributed by atoms with van der Waals surface area (Å²) < 4.78 is 0. The lowest BCUT2D eigenvalue weighted by atomic mass is 9.79. The number of hydrogen-bond acceptors (Lipinski definition) is 1. The Bertz CT molecular complexity index is 429. The molecular formula is C16H24O. The van der Waals surface area contributed by atoms with Crippen molar-refractivity contribution in [1.82, 2.24) is 0 Å². The number of aliphatic hydroxyl groups excluding tert-OH is 1. The fourth-order valence-corrected chi connectivity index (χ4v) is 2.78. The van der Waals surface area contributed by atoms with Gasteiger partial charge in [0.1, 0.15) is 0 Å². The molecule has 0 heterocycles. The van der Waals surface area contributed by atoms with Crippen LogP contribution in [0.25, 0.3) is 0 Å². The Balaban J connectivity index is 2.50. The molecule has 0 saturated carbocycles. The van der Waals surface area contributed by atoms with Crippen molar-refractivity contribution in [3.8, 4) is 0 Å². The molecule has 94 valence electrons. The average Bonchev–Trinajstić information content (AvgIpc) is 2.49. The van der Waals surface area contributed by atoms with Crippen molar-refractivity contribution in [3.05, 3.63) is 34.9 Å². The van der Waals surface area contributed by atoms with E-state index in [0.717, 1.165) is 18.4 Å². The monoisotopic (exact) mass is 232 g/mol. The van der Waals surface area contributed by atoms with Crippen LogP contribution < -0.4 is 0 Å². The fraction of sp³-hybridized carbons (Fsp3) is 0.625. The molecule has 0 amide bonds. The maximum Gasteiger partial charge on any atom is 0.0801 e. The van der Waals surface area contributed by atoms with Crippen molar-refractivity contribution in [1.29, 1.82) is 0 Å². The molecule has 1 aliphatic rings. The van der Waals surface area contributed by atoms with Crippen molar-refractivity contribution in [2.45, 2.75) is 64.4 Å². The smallest absolute Gasteiger partial charge is 0.0801 e. The molecule has 17 heavy (non-hydrogen) atoms. The van der Waals surface area contributed by atoms with Crippen molar-refractivity contribution in [2.24, 2.45) is 0 Å².